The number of nitrogens with zero attached hydrogens (tertiary/aromatic N) is 1. The molecule has 0 aromatic heterocycles. The summed E-state index contributed by atoms with van der Waals surface area (Å²) in [6, 6.07) is 0.127. The highest BCUT2D eigenvalue weighted by Crippen LogP contribution is 2.05. The summed E-state index contributed by atoms with van der Waals surface area (Å²) in [4.78, 5) is 13.6. The third kappa shape index (κ3) is 5.74. The minimum Gasteiger partial charge on any atom is -0.396 e. The first kappa shape index (κ1) is 14.4. The van der Waals surface area contributed by atoms with Crippen molar-refractivity contribution in [2.45, 2.75) is 39.2 Å². The molecule has 0 aromatic rings. The molecule has 0 rings (SSSR count). The number of rotatable bonds is 8. The van der Waals surface area contributed by atoms with Gasteiger partial charge in [0.15, 0.2) is 0 Å². The molecule has 0 aliphatic rings. The van der Waals surface area contributed by atoms with Crippen molar-refractivity contribution < 1.29 is 14.6 Å². The van der Waals surface area contributed by atoms with E-state index in [-0.39, 0.29) is 18.6 Å². The number of hydrogen-bond donors (Lipinski definition) is 1. The van der Waals surface area contributed by atoms with Gasteiger partial charge in [-0.05, 0) is 26.7 Å². The second-order valence-electron chi connectivity index (χ2n) is 3.66. The molecule has 0 aliphatic heterocycles. The fourth-order valence-electron chi connectivity index (χ4n) is 1.60. The lowest BCUT2D eigenvalue weighted by atomic mass is 10.2. The van der Waals surface area contributed by atoms with Crippen molar-refractivity contribution >= 4 is 5.91 Å². The van der Waals surface area contributed by atoms with Crippen LogP contribution in [0.15, 0.2) is 0 Å². The van der Waals surface area contributed by atoms with Crippen molar-refractivity contribution in [2.24, 2.45) is 0 Å². The quantitative estimate of drug-likeness (QED) is 0.618. The van der Waals surface area contributed by atoms with Crippen LogP contribution in [0.2, 0.25) is 0 Å². The maximum absolute atomic E-state index is 11.8. The second kappa shape index (κ2) is 8.68. The Morgan fingerprint density at radius 2 is 2.13 bits per heavy atom. The molecule has 1 unspecified atom stereocenters. The minimum atomic E-state index is 0.127. The second-order valence-corrected chi connectivity index (χ2v) is 3.66. The van der Waals surface area contributed by atoms with Gasteiger partial charge in [-0.2, -0.15) is 0 Å². The SMILES string of the molecule is CCN(C(=O)CCCCO)C(C)COC. The van der Waals surface area contributed by atoms with Gasteiger partial charge < -0.3 is 14.7 Å². The van der Waals surface area contributed by atoms with Gasteiger partial charge in [-0.3, -0.25) is 4.79 Å². The maximum Gasteiger partial charge on any atom is 0.222 e. The Balaban J connectivity index is 3.97. The topological polar surface area (TPSA) is 49.8 Å². The van der Waals surface area contributed by atoms with E-state index in [0.717, 1.165) is 6.42 Å². The van der Waals surface area contributed by atoms with E-state index in [1.54, 1.807) is 7.11 Å². The molecule has 0 fully saturated rings. The molecule has 0 spiro atoms. The van der Waals surface area contributed by atoms with Gasteiger partial charge in [-0.25, -0.2) is 0 Å². The molecule has 0 saturated heterocycles. The van der Waals surface area contributed by atoms with E-state index in [2.05, 4.69) is 0 Å². The Morgan fingerprint density at radius 3 is 2.60 bits per heavy atom. The average Bonchev–Trinajstić information content (AvgIpc) is 2.19. The Kier molecular flexibility index (Phi) is 8.33. The largest absolute Gasteiger partial charge is 0.396 e. The van der Waals surface area contributed by atoms with Crippen molar-refractivity contribution in [3.63, 3.8) is 0 Å². The van der Waals surface area contributed by atoms with Gasteiger partial charge in [-0.15, -0.1) is 0 Å². The number of aliphatic hydroxyl groups excluding tert-OH is 1. The summed E-state index contributed by atoms with van der Waals surface area (Å²) in [7, 11) is 1.64. The van der Waals surface area contributed by atoms with Crippen LogP contribution in [0, 0.1) is 0 Å². The molecule has 1 atom stereocenters. The van der Waals surface area contributed by atoms with Crippen LogP contribution in [-0.2, 0) is 9.53 Å². The molecule has 4 heteroatoms. The molecule has 1 N–H and O–H groups in total. The summed E-state index contributed by atoms with van der Waals surface area (Å²) in [5.74, 6) is 0.149. The van der Waals surface area contributed by atoms with Crippen molar-refractivity contribution in [1.29, 1.82) is 0 Å². The summed E-state index contributed by atoms with van der Waals surface area (Å²) < 4.78 is 5.03. The van der Waals surface area contributed by atoms with Crippen LogP contribution in [0.5, 0.6) is 0 Å². The molecule has 1 amide bonds. The zero-order valence-corrected chi connectivity index (χ0v) is 10.0. The molecular weight excluding hydrogens is 194 g/mol. The van der Waals surface area contributed by atoms with Crippen molar-refractivity contribution in [1.82, 2.24) is 4.90 Å². The number of aliphatic hydroxyl groups is 1. The zero-order valence-electron chi connectivity index (χ0n) is 10.0. The number of ether oxygens (including phenoxy) is 1. The third-order valence-electron chi connectivity index (χ3n) is 2.40. The number of likely N-dealkylation sites (N-methyl/N-ethyl adjacent to an activating group) is 1. The lowest BCUT2D eigenvalue weighted by molar-refractivity contribution is -0.134. The zero-order chi connectivity index (χ0) is 11.7. The molecule has 0 saturated carbocycles. The van der Waals surface area contributed by atoms with Gasteiger partial charge >= 0.3 is 0 Å². The van der Waals surface area contributed by atoms with E-state index in [9.17, 15) is 4.79 Å². The molecular formula is C11H23NO3. The van der Waals surface area contributed by atoms with E-state index in [4.69, 9.17) is 9.84 Å². The lowest BCUT2D eigenvalue weighted by Gasteiger charge is -2.27. The van der Waals surface area contributed by atoms with Crippen LogP contribution >= 0.6 is 0 Å². The van der Waals surface area contributed by atoms with Crippen LogP contribution in [0.3, 0.4) is 0 Å². The highest BCUT2D eigenvalue weighted by molar-refractivity contribution is 5.76. The number of methoxy groups -OCH3 is 1. The molecule has 0 radical (unpaired) electrons. The lowest BCUT2D eigenvalue weighted by Crippen LogP contribution is -2.40. The highest BCUT2D eigenvalue weighted by Gasteiger charge is 2.17. The number of unbranched alkanes of at least 4 members (excludes halogenated alkanes) is 1. The number of amides is 1. The molecule has 15 heavy (non-hydrogen) atoms. The predicted octanol–water partition coefficient (Wildman–Crippen LogP) is 1.03. The Labute approximate surface area is 92.2 Å². The monoisotopic (exact) mass is 217 g/mol. The fraction of sp³-hybridized carbons (Fsp3) is 0.909. The van der Waals surface area contributed by atoms with Crippen LogP contribution in [0.1, 0.15) is 33.1 Å². The summed E-state index contributed by atoms with van der Waals surface area (Å²) in [5.41, 5.74) is 0. The number of hydrogen-bond acceptors (Lipinski definition) is 3. The van der Waals surface area contributed by atoms with E-state index < -0.39 is 0 Å². The van der Waals surface area contributed by atoms with Gasteiger partial charge in [0.1, 0.15) is 0 Å². The fourth-order valence-corrected chi connectivity index (χ4v) is 1.60. The van der Waals surface area contributed by atoms with Gasteiger partial charge in [0.05, 0.1) is 12.6 Å². The standard InChI is InChI=1S/C11H23NO3/c1-4-12(10(2)9-15-3)11(14)7-5-6-8-13/h10,13H,4-9H2,1-3H3. The van der Waals surface area contributed by atoms with Gasteiger partial charge in [0.2, 0.25) is 5.91 Å². The molecule has 0 bridgehead atoms. The molecule has 4 nitrogen and oxygen atoms in total. The molecule has 90 valence electrons. The average molecular weight is 217 g/mol. The van der Waals surface area contributed by atoms with Gasteiger partial charge in [0.25, 0.3) is 0 Å². The van der Waals surface area contributed by atoms with Gasteiger partial charge in [-0.1, -0.05) is 0 Å². The summed E-state index contributed by atoms with van der Waals surface area (Å²) in [5, 5.41) is 8.62. The van der Waals surface area contributed by atoms with Crippen molar-refractivity contribution in [2.75, 3.05) is 26.9 Å². The number of carbonyl (C=O) groups is 1. The van der Waals surface area contributed by atoms with E-state index in [0.29, 0.717) is 26.0 Å². The van der Waals surface area contributed by atoms with Gasteiger partial charge in [0, 0.05) is 26.7 Å². The van der Waals surface area contributed by atoms with Crippen molar-refractivity contribution in [3.8, 4) is 0 Å². The smallest absolute Gasteiger partial charge is 0.222 e. The van der Waals surface area contributed by atoms with E-state index in [1.165, 1.54) is 0 Å². The minimum absolute atomic E-state index is 0.127. The molecule has 0 aliphatic carbocycles. The Hall–Kier alpha value is -0.610. The first-order chi connectivity index (χ1) is 7.17. The van der Waals surface area contributed by atoms with Crippen LogP contribution in [-0.4, -0.2) is 48.8 Å². The molecule has 0 aromatic carbocycles. The first-order valence-corrected chi connectivity index (χ1v) is 5.56. The normalized spacial score (nSPS) is 12.5. The number of carbonyl (C=O) groups excluding carboxylic acids is 1. The Morgan fingerprint density at radius 1 is 1.47 bits per heavy atom. The summed E-state index contributed by atoms with van der Waals surface area (Å²) in [6.07, 6.45) is 1.97. The third-order valence-corrected chi connectivity index (χ3v) is 2.40. The van der Waals surface area contributed by atoms with E-state index in [1.807, 2.05) is 18.7 Å². The van der Waals surface area contributed by atoms with Crippen LogP contribution in [0.4, 0.5) is 0 Å². The van der Waals surface area contributed by atoms with Crippen LogP contribution < -0.4 is 0 Å². The summed E-state index contributed by atoms with van der Waals surface area (Å²) in [6.45, 7) is 5.39. The maximum atomic E-state index is 11.8. The predicted molar refractivity (Wildman–Crippen MR) is 59.7 cm³/mol. The van der Waals surface area contributed by atoms with Crippen LogP contribution in [0.25, 0.3) is 0 Å². The first-order valence-electron chi connectivity index (χ1n) is 5.56. The molecule has 0 heterocycles. The van der Waals surface area contributed by atoms with Crippen molar-refractivity contribution in [3.05, 3.63) is 0 Å². The summed E-state index contributed by atoms with van der Waals surface area (Å²) >= 11 is 0. The highest BCUT2D eigenvalue weighted by atomic mass is 16.5. The van der Waals surface area contributed by atoms with E-state index >= 15 is 0 Å². The Bertz CT molecular complexity index is 173.